The Kier molecular flexibility index (Phi) is 5.44. The number of ether oxygens (including phenoxy) is 2. The van der Waals surface area contributed by atoms with Gasteiger partial charge in [-0.05, 0) is 47.5 Å². The van der Waals surface area contributed by atoms with Gasteiger partial charge in [0.25, 0.3) is 5.91 Å². The van der Waals surface area contributed by atoms with Crippen LogP contribution in [0.1, 0.15) is 15.2 Å². The van der Waals surface area contributed by atoms with Gasteiger partial charge in [0.15, 0.2) is 11.5 Å². The predicted octanol–water partition coefficient (Wildman–Crippen LogP) is 3.33. The van der Waals surface area contributed by atoms with E-state index in [9.17, 15) is 14.0 Å². The normalized spacial score (nSPS) is 12.3. The maximum absolute atomic E-state index is 13.0. The van der Waals surface area contributed by atoms with Gasteiger partial charge < -0.3 is 9.47 Å². The molecule has 0 unspecified atom stereocenters. The van der Waals surface area contributed by atoms with Crippen molar-refractivity contribution < 1.29 is 23.5 Å². The topological polar surface area (TPSA) is 76.7 Å². The molecule has 0 spiro atoms. The maximum atomic E-state index is 13.0. The number of amides is 2. The zero-order chi connectivity index (χ0) is 20.2. The minimum Gasteiger partial charge on any atom is -0.486 e. The molecule has 2 heterocycles. The highest BCUT2D eigenvalue weighted by Gasteiger charge is 2.15. The summed E-state index contributed by atoms with van der Waals surface area (Å²) in [5.74, 6) is 0.175. The van der Waals surface area contributed by atoms with E-state index in [1.807, 2.05) is 0 Å². The number of carbonyl (C=O) groups is 2. The van der Waals surface area contributed by atoms with Gasteiger partial charge in [-0.1, -0.05) is 18.2 Å². The highest BCUT2D eigenvalue weighted by Crippen LogP contribution is 2.31. The van der Waals surface area contributed by atoms with Crippen molar-refractivity contribution in [2.75, 3.05) is 13.2 Å². The number of rotatable bonds is 4. The number of carbonyl (C=O) groups excluding carboxylic acids is 2. The van der Waals surface area contributed by atoms with E-state index in [1.54, 1.807) is 42.5 Å². The van der Waals surface area contributed by atoms with Crippen molar-refractivity contribution in [1.82, 2.24) is 10.9 Å². The smallest absolute Gasteiger partial charge is 0.279 e. The van der Waals surface area contributed by atoms with Gasteiger partial charge in [-0.2, -0.15) is 0 Å². The molecular formula is C21H17FN2O4S. The van der Waals surface area contributed by atoms with Crippen LogP contribution in [0.2, 0.25) is 0 Å². The molecular weight excluding hydrogens is 395 g/mol. The molecule has 2 N–H and O–H groups in total. The van der Waals surface area contributed by atoms with Crippen LogP contribution < -0.4 is 20.3 Å². The minimum absolute atomic E-state index is 0.0855. The van der Waals surface area contributed by atoms with Gasteiger partial charge in [0.2, 0.25) is 5.91 Å². The van der Waals surface area contributed by atoms with Crippen molar-refractivity contribution in [3.05, 3.63) is 70.9 Å². The molecule has 2 aromatic carbocycles. The fourth-order valence-corrected chi connectivity index (χ4v) is 3.75. The zero-order valence-electron chi connectivity index (χ0n) is 15.2. The van der Waals surface area contributed by atoms with Crippen molar-refractivity contribution in [3.63, 3.8) is 0 Å². The summed E-state index contributed by atoms with van der Waals surface area (Å²) in [5.41, 5.74) is 6.39. The first-order chi connectivity index (χ1) is 14.1. The SMILES string of the molecule is O=C(Cc1ccc2c(c1)OCCO2)NNC(=O)c1ccc(-c2ccc(F)cc2)s1. The number of thiophene rings is 1. The summed E-state index contributed by atoms with van der Waals surface area (Å²) in [4.78, 5) is 25.7. The molecule has 0 bridgehead atoms. The molecule has 0 saturated heterocycles. The number of hydrogen-bond acceptors (Lipinski definition) is 5. The number of fused-ring (bicyclic) bond motifs is 1. The van der Waals surface area contributed by atoms with Crippen LogP contribution in [0, 0.1) is 5.82 Å². The second kappa shape index (κ2) is 8.32. The van der Waals surface area contributed by atoms with Crippen LogP contribution in [0.25, 0.3) is 10.4 Å². The van der Waals surface area contributed by atoms with E-state index < -0.39 is 5.91 Å². The molecule has 0 radical (unpaired) electrons. The van der Waals surface area contributed by atoms with Gasteiger partial charge in [-0.25, -0.2) is 4.39 Å². The average molecular weight is 412 g/mol. The minimum atomic E-state index is -0.418. The summed E-state index contributed by atoms with van der Waals surface area (Å²) < 4.78 is 24.0. The number of benzene rings is 2. The molecule has 2 amide bonds. The molecule has 0 aliphatic carbocycles. The summed E-state index contributed by atoms with van der Waals surface area (Å²) in [5, 5.41) is 0. The standard InChI is InChI=1S/C21H17FN2O4S/c22-15-4-2-14(3-5-15)18-7-8-19(29-18)21(26)24-23-20(25)12-13-1-6-16-17(11-13)28-10-9-27-16/h1-8,11H,9-10,12H2,(H,23,25)(H,24,26). The molecule has 3 aromatic rings. The molecule has 0 fully saturated rings. The van der Waals surface area contributed by atoms with E-state index in [4.69, 9.17) is 9.47 Å². The first-order valence-corrected chi connectivity index (χ1v) is 9.73. The Hall–Kier alpha value is -3.39. The van der Waals surface area contributed by atoms with Crippen molar-refractivity contribution in [2.24, 2.45) is 0 Å². The summed E-state index contributed by atoms with van der Waals surface area (Å²) in [6.45, 7) is 0.976. The van der Waals surface area contributed by atoms with Crippen LogP contribution in [0.5, 0.6) is 11.5 Å². The Morgan fingerprint density at radius 2 is 1.69 bits per heavy atom. The maximum Gasteiger partial charge on any atom is 0.279 e. The highest BCUT2D eigenvalue weighted by atomic mass is 32.1. The molecule has 1 aliphatic heterocycles. The van der Waals surface area contributed by atoms with Gasteiger partial charge in [-0.3, -0.25) is 20.4 Å². The highest BCUT2D eigenvalue weighted by molar-refractivity contribution is 7.17. The Balaban J connectivity index is 1.32. The van der Waals surface area contributed by atoms with E-state index in [-0.39, 0.29) is 18.1 Å². The van der Waals surface area contributed by atoms with Crippen molar-refractivity contribution in [1.29, 1.82) is 0 Å². The van der Waals surface area contributed by atoms with Crippen molar-refractivity contribution >= 4 is 23.2 Å². The molecule has 6 nitrogen and oxygen atoms in total. The Bertz CT molecular complexity index is 1050. The third-order valence-corrected chi connectivity index (χ3v) is 5.38. The van der Waals surface area contributed by atoms with Crippen LogP contribution in [0.3, 0.4) is 0 Å². The van der Waals surface area contributed by atoms with Crippen LogP contribution in [0.4, 0.5) is 4.39 Å². The molecule has 29 heavy (non-hydrogen) atoms. The van der Waals surface area contributed by atoms with E-state index in [0.29, 0.717) is 29.6 Å². The lowest BCUT2D eigenvalue weighted by molar-refractivity contribution is -0.121. The second-order valence-electron chi connectivity index (χ2n) is 6.33. The van der Waals surface area contributed by atoms with Gasteiger partial charge in [0, 0.05) is 4.88 Å². The van der Waals surface area contributed by atoms with Crippen molar-refractivity contribution in [3.8, 4) is 21.9 Å². The molecule has 148 valence electrons. The van der Waals surface area contributed by atoms with Crippen LogP contribution in [-0.2, 0) is 11.2 Å². The average Bonchev–Trinajstić information content (AvgIpc) is 3.23. The zero-order valence-corrected chi connectivity index (χ0v) is 16.1. The number of nitrogens with one attached hydrogen (secondary N) is 2. The quantitative estimate of drug-likeness (QED) is 0.645. The van der Waals surface area contributed by atoms with Gasteiger partial charge in [0.05, 0.1) is 11.3 Å². The van der Waals surface area contributed by atoms with E-state index in [2.05, 4.69) is 10.9 Å². The molecule has 1 aromatic heterocycles. The predicted molar refractivity (Wildman–Crippen MR) is 106 cm³/mol. The first kappa shape index (κ1) is 18.9. The summed E-state index contributed by atoms with van der Waals surface area (Å²) in [6.07, 6.45) is 0.0855. The summed E-state index contributed by atoms with van der Waals surface area (Å²) in [6, 6.07) is 14.8. The fourth-order valence-electron chi connectivity index (χ4n) is 2.84. The summed E-state index contributed by atoms with van der Waals surface area (Å²) >= 11 is 1.25. The van der Waals surface area contributed by atoms with Crippen LogP contribution >= 0.6 is 11.3 Å². The third-order valence-electron chi connectivity index (χ3n) is 4.25. The van der Waals surface area contributed by atoms with Crippen LogP contribution in [0.15, 0.2) is 54.6 Å². The largest absolute Gasteiger partial charge is 0.486 e. The first-order valence-electron chi connectivity index (χ1n) is 8.92. The lowest BCUT2D eigenvalue weighted by Crippen LogP contribution is -2.42. The van der Waals surface area contributed by atoms with Gasteiger partial charge in [-0.15, -0.1) is 11.3 Å². The van der Waals surface area contributed by atoms with Crippen molar-refractivity contribution in [2.45, 2.75) is 6.42 Å². The van der Waals surface area contributed by atoms with E-state index in [0.717, 1.165) is 16.0 Å². The number of hydrazine groups is 1. The van der Waals surface area contributed by atoms with Crippen LogP contribution in [-0.4, -0.2) is 25.0 Å². The monoisotopic (exact) mass is 412 g/mol. The molecule has 0 atom stereocenters. The Labute approximate surface area is 170 Å². The molecule has 8 heteroatoms. The second-order valence-corrected chi connectivity index (χ2v) is 7.41. The molecule has 1 aliphatic rings. The number of halogens is 1. The summed E-state index contributed by atoms with van der Waals surface area (Å²) in [7, 11) is 0. The molecule has 0 saturated carbocycles. The molecule has 4 rings (SSSR count). The Morgan fingerprint density at radius 3 is 2.48 bits per heavy atom. The van der Waals surface area contributed by atoms with E-state index in [1.165, 1.54) is 23.5 Å². The lowest BCUT2D eigenvalue weighted by Gasteiger charge is -2.18. The Morgan fingerprint density at radius 1 is 0.931 bits per heavy atom. The third kappa shape index (κ3) is 4.55. The lowest BCUT2D eigenvalue weighted by atomic mass is 10.1. The fraction of sp³-hybridized carbons (Fsp3) is 0.143. The number of hydrogen-bond donors (Lipinski definition) is 2. The van der Waals surface area contributed by atoms with Gasteiger partial charge >= 0.3 is 0 Å². The van der Waals surface area contributed by atoms with Gasteiger partial charge in [0.1, 0.15) is 19.0 Å². The van der Waals surface area contributed by atoms with E-state index >= 15 is 0 Å².